The molecule has 0 bridgehead atoms. The van der Waals surface area contributed by atoms with Gasteiger partial charge in [-0.25, -0.2) is 4.98 Å². The molecule has 0 atom stereocenters. The third kappa shape index (κ3) is 5.46. The van der Waals surface area contributed by atoms with Crippen molar-refractivity contribution in [3.05, 3.63) is 23.4 Å². The molecule has 2 N–H and O–H groups in total. The zero-order valence-corrected chi connectivity index (χ0v) is 10.3. The predicted molar refractivity (Wildman–Crippen MR) is 65.8 cm³/mol. The number of nitrogens with zero attached hydrogens (tertiary/aromatic N) is 1. The number of aliphatic hydroxyl groups is 1. The molecule has 1 aromatic rings. The molecule has 1 aromatic heterocycles. The Hall–Kier alpha value is -1.42. The second-order valence-corrected chi connectivity index (χ2v) is 3.82. The van der Waals surface area contributed by atoms with Crippen LogP contribution in [0, 0.1) is 12.8 Å². The predicted octanol–water partition coefficient (Wildman–Crippen LogP) is 1.88. The summed E-state index contributed by atoms with van der Waals surface area (Å²) in [5.74, 6) is 1.35. The highest BCUT2D eigenvalue weighted by molar-refractivity contribution is 5.76. The van der Waals surface area contributed by atoms with Crippen molar-refractivity contribution in [3.8, 4) is 0 Å². The summed E-state index contributed by atoms with van der Waals surface area (Å²) in [6.07, 6.45) is 0.842. The van der Waals surface area contributed by atoms with E-state index in [1.165, 1.54) is 0 Å². The van der Waals surface area contributed by atoms with E-state index >= 15 is 0 Å². The number of aliphatic hydroxyl groups excluding tert-OH is 1. The van der Waals surface area contributed by atoms with Gasteiger partial charge in [-0.15, -0.1) is 0 Å². The van der Waals surface area contributed by atoms with Crippen LogP contribution in [0.2, 0.25) is 0 Å². The summed E-state index contributed by atoms with van der Waals surface area (Å²) in [7, 11) is 1.00. The number of anilines is 1. The highest BCUT2D eigenvalue weighted by Crippen LogP contribution is 2.08. The van der Waals surface area contributed by atoms with E-state index in [2.05, 4.69) is 24.1 Å². The molecule has 0 saturated heterocycles. The molecule has 0 spiro atoms. The van der Waals surface area contributed by atoms with Crippen LogP contribution in [0.15, 0.2) is 12.1 Å². The topological polar surface area (TPSA) is 62.2 Å². The molecule has 0 radical (unpaired) electrons. The van der Waals surface area contributed by atoms with Crippen LogP contribution < -0.4 is 5.32 Å². The van der Waals surface area contributed by atoms with E-state index < -0.39 is 0 Å². The van der Waals surface area contributed by atoms with Gasteiger partial charge in [-0.1, -0.05) is 13.8 Å². The average Bonchev–Trinajstić information content (AvgIpc) is 2.28. The summed E-state index contributed by atoms with van der Waals surface area (Å²) >= 11 is 0. The summed E-state index contributed by atoms with van der Waals surface area (Å²) in [5, 5.41) is 10.2. The largest absolute Gasteiger partial charge is 0.400 e. The zero-order chi connectivity index (χ0) is 12.6. The van der Waals surface area contributed by atoms with Crippen molar-refractivity contribution in [2.75, 3.05) is 19.0 Å². The Labute approximate surface area is 96.7 Å². The standard InChI is InChI=1S/C11H16N2O.CH4O/c1-8(2)6-12-11-5-10(7-14)4-9(3)13-11;1-2/h4-5,7-8H,6H2,1-3H3,(H,12,13);2H,1H3. The van der Waals surface area contributed by atoms with Crippen LogP contribution in [0.5, 0.6) is 0 Å². The molecule has 0 fully saturated rings. The molecule has 0 amide bonds. The lowest BCUT2D eigenvalue weighted by atomic mass is 10.2. The average molecular weight is 224 g/mol. The van der Waals surface area contributed by atoms with Crippen molar-refractivity contribution in [1.82, 2.24) is 4.98 Å². The van der Waals surface area contributed by atoms with Crippen molar-refractivity contribution in [1.29, 1.82) is 0 Å². The van der Waals surface area contributed by atoms with Gasteiger partial charge in [-0.3, -0.25) is 4.79 Å². The Bertz CT molecular complexity index is 325. The Morgan fingerprint density at radius 3 is 2.56 bits per heavy atom. The van der Waals surface area contributed by atoms with Crippen molar-refractivity contribution in [2.24, 2.45) is 5.92 Å². The maximum Gasteiger partial charge on any atom is 0.150 e. The van der Waals surface area contributed by atoms with Gasteiger partial charge >= 0.3 is 0 Å². The lowest BCUT2D eigenvalue weighted by Gasteiger charge is -2.08. The first-order valence-corrected chi connectivity index (χ1v) is 5.24. The number of aromatic nitrogens is 1. The van der Waals surface area contributed by atoms with Crippen LogP contribution in [0.1, 0.15) is 29.9 Å². The molecule has 1 rings (SSSR count). The maximum atomic E-state index is 10.6. The molecule has 0 aliphatic carbocycles. The number of aldehydes is 1. The number of carbonyl (C=O) groups excluding carboxylic acids is 1. The number of hydrogen-bond donors (Lipinski definition) is 2. The van der Waals surface area contributed by atoms with Crippen molar-refractivity contribution >= 4 is 12.1 Å². The minimum Gasteiger partial charge on any atom is -0.400 e. The van der Waals surface area contributed by atoms with E-state index in [1.54, 1.807) is 12.1 Å². The molecule has 0 aliphatic heterocycles. The van der Waals surface area contributed by atoms with Gasteiger partial charge in [0.25, 0.3) is 0 Å². The van der Waals surface area contributed by atoms with Crippen LogP contribution >= 0.6 is 0 Å². The van der Waals surface area contributed by atoms with Crippen molar-refractivity contribution < 1.29 is 9.90 Å². The van der Waals surface area contributed by atoms with Gasteiger partial charge in [0.2, 0.25) is 0 Å². The van der Waals surface area contributed by atoms with E-state index in [-0.39, 0.29) is 0 Å². The number of nitrogens with one attached hydrogen (secondary N) is 1. The summed E-state index contributed by atoms with van der Waals surface area (Å²) in [4.78, 5) is 14.9. The summed E-state index contributed by atoms with van der Waals surface area (Å²) in [6, 6.07) is 3.54. The minimum absolute atomic E-state index is 0.567. The summed E-state index contributed by atoms with van der Waals surface area (Å²) < 4.78 is 0. The van der Waals surface area contributed by atoms with Crippen LogP contribution in [0.25, 0.3) is 0 Å². The number of rotatable bonds is 4. The van der Waals surface area contributed by atoms with E-state index in [0.717, 1.165) is 31.5 Å². The van der Waals surface area contributed by atoms with Gasteiger partial charge in [0, 0.05) is 24.9 Å². The van der Waals surface area contributed by atoms with Crippen LogP contribution in [-0.2, 0) is 0 Å². The maximum absolute atomic E-state index is 10.6. The summed E-state index contributed by atoms with van der Waals surface area (Å²) in [6.45, 7) is 7.01. The smallest absolute Gasteiger partial charge is 0.150 e. The third-order valence-corrected chi connectivity index (χ3v) is 1.80. The van der Waals surface area contributed by atoms with Gasteiger partial charge < -0.3 is 10.4 Å². The van der Waals surface area contributed by atoms with Crippen molar-refractivity contribution in [2.45, 2.75) is 20.8 Å². The van der Waals surface area contributed by atoms with E-state index in [4.69, 9.17) is 5.11 Å². The molecule has 0 unspecified atom stereocenters. The van der Waals surface area contributed by atoms with Gasteiger partial charge in [-0.05, 0) is 25.0 Å². The SMILES string of the molecule is CO.Cc1cc(C=O)cc(NCC(C)C)n1. The Morgan fingerprint density at radius 1 is 1.44 bits per heavy atom. The van der Waals surface area contributed by atoms with E-state index in [1.807, 2.05) is 6.92 Å². The highest BCUT2D eigenvalue weighted by Gasteiger charge is 1.99. The van der Waals surface area contributed by atoms with Crippen LogP contribution in [0.4, 0.5) is 5.82 Å². The first kappa shape index (κ1) is 14.6. The first-order chi connectivity index (χ1) is 7.61. The van der Waals surface area contributed by atoms with Gasteiger partial charge in [0.15, 0.2) is 0 Å². The molecular weight excluding hydrogens is 204 g/mol. The molecule has 1 heterocycles. The lowest BCUT2D eigenvalue weighted by Crippen LogP contribution is -2.09. The highest BCUT2D eigenvalue weighted by atomic mass is 16.2. The molecule has 16 heavy (non-hydrogen) atoms. The van der Waals surface area contributed by atoms with Crippen molar-refractivity contribution in [3.63, 3.8) is 0 Å². The van der Waals surface area contributed by atoms with E-state index in [0.29, 0.717) is 11.5 Å². The minimum atomic E-state index is 0.567. The fourth-order valence-electron chi connectivity index (χ4n) is 1.16. The van der Waals surface area contributed by atoms with Gasteiger partial charge in [-0.2, -0.15) is 0 Å². The second kappa shape index (κ2) is 7.82. The molecule has 0 aliphatic rings. The quantitative estimate of drug-likeness (QED) is 0.766. The Balaban J connectivity index is 0.00000106. The van der Waals surface area contributed by atoms with Crippen LogP contribution in [-0.4, -0.2) is 30.0 Å². The fourth-order valence-corrected chi connectivity index (χ4v) is 1.16. The monoisotopic (exact) mass is 224 g/mol. The number of pyridine rings is 1. The molecular formula is C12H20N2O2. The number of hydrogen-bond acceptors (Lipinski definition) is 4. The molecule has 4 nitrogen and oxygen atoms in total. The number of aryl methyl sites for hydroxylation is 1. The van der Waals surface area contributed by atoms with Gasteiger partial charge in [0.05, 0.1) is 0 Å². The summed E-state index contributed by atoms with van der Waals surface area (Å²) in [5.41, 5.74) is 1.53. The van der Waals surface area contributed by atoms with Crippen LogP contribution in [0.3, 0.4) is 0 Å². The number of carbonyl (C=O) groups is 1. The second-order valence-electron chi connectivity index (χ2n) is 3.82. The third-order valence-electron chi connectivity index (χ3n) is 1.80. The zero-order valence-electron chi connectivity index (χ0n) is 10.3. The Kier molecular flexibility index (Phi) is 7.12. The lowest BCUT2D eigenvalue weighted by molar-refractivity contribution is 0.112. The van der Waals surface area contributed by atoms with Gasteiger partial charge in [0.1, 0.15) is 12.1 Å². The normalized spacial score (nSPS) is 9.38. The first-order valence-electron chi connectivity index (χ1n) is 5.24. The Morgan fingerprint density at radius 2 is 2.06 bits per heavy atom. The molecule has 0 aromatic carbocycles. The fraction of sp³-hybridized carbons (Fsp3) is 0.500. The van der Waals surface area contributed by atoms with E-state index in [9.17, 15) is 4.79 Å². The molecule has 4 heteroatoms. The molecule has 90 valence electrons. The molecule has 0 saturated carbocycles.